The van der Waals surface area contributed by atoms with E-state index in [1.165, 1.54) is 29.1 Å². The molecule has 0 heterocycles. The van der Waals surface area contributed by atoms with E-state index < -0.39 is 24.1 Å². The van der Waals surface area contributed by atoms with Crippen molar-refractivity contribution in [2.45, 2.75) is 91.6 Å². The number of likely N-dealkylation sites (N-methyl/N-ethyl adjacent to an activating group) is 2. The number of halogens is 1. The molecule has 2 atom stereocenters. The van der Waals surface area contributed by atoms with Crippen molar-refractivity contribution in [3.63, 3.8) is 0 Å². The first kappa shape index (κ1) is 30.5. The van der Waals surface area contributed by atoms with Gasteiger partial charge in [-0.25, -0.2) is 9.59 Å². The van der Waals surface area contributed by atoms with Crippen molar-refractivity contribution < 1.29 is 23.9 Å². The summed E-state index contributed by atoms with van der Waals surface area (Å²) >= 11 is 5.63. The normalized spacial score (nSPS) is 13.1. The maximum absolute atomic E-state index is 13.3. The van der Waals surface area contributed by atoms with Crippen LogP contribution in [-0.4, -0.2) is 73.0 Å². The Hall–Kier alpha value is -1.50. The first-order chi connectivity index (χ1) is 15.1. The van der Waals surface area contributed by atoms with Gasteiger partial charge in [-0.1, -0.05) is 66.7 Å². The van der Waals surface area contributed by atoms with Crippen LogP contribution in [0.5, 0.6) is 0 Å². The van der Waals surface area contributed by atoms with Gasteiger partial charge in [0.15, 0.2) is 0 Å². The van der Waals surface area contributed by atoms with Gasteiger partial charge < -0.3 is 14.4 Å². The second-order valence-corrected chi connectivity index (χ2v) is 9.41. The van der Waals surface area contributed by atoms with Crippen LogP contribution in [0.25, 0.3) is 0 Å². The molecule has 188 valence electrons. The topological polar surface area (TPSA) is 76.2 Å². The molecule has 0 saturated heterocycles. The molecule has 0 saturated carbocycles. The summed E-state index contributed by atoms with van der Waals surface area (Å²) in [6.07, 6.45) is 6.58. The van der Waals surface area contributed by atoms with Crippen LogP contribution in [-0.2, 0) is 19.1 Å². The maximum Gasteiger partial charge on any atom is 0.410 e. The smallest absolute Gasteiger partial charge is 0.410 e. The van der Waals surface area contributed by atoms with Gasteiger partial charge in [0, 0.05) is 20.0 Å². The lowest BCUT2D eigenvalue weighted by Crippen LogP contribution is -2.56. The maximum atomic E-state index is 13.3. The van der Waals surface area contributed by atoms with E-state index in [2.05, 4.69) is 6.92 Å². The average molecular weight is 477 g/mol. The molecule has 0 spiro atoms. The minimum atomic E-state index is -0.754. The van der Waals surface area contributed by atoms with Crippen molar-refractivity contribution in [3.8, 4) is 0 Å². The molecule has 0 fully saturated rings. The van der Waals surface area contributed by atoms with Crippen molar-refractivity contribution in [3.05, 3.63) is 0 Å². The van der Waals surface area contributed by atoms with Crippen molar-refractivity contribution >= 4 is 29.6 Å². The zero-order chi connectivity index (χ0) is 24.7. The molecule has 2 unspecified atom stereocenters. The molecular weight excluding hydrogens is 432 g/mol. The zero-order valence-electron chi connectivity index (χ0n) is 21.2. The highest BCUT2D eigenvalue weighted by atomic mass is 35.5. The first-order valence-corrected chi connectivity index (χ1v) is 12.5. The third-order valence-corrected chi connectivity index (χ3v) is 5.74. The summed E-state index contributed by atoms with van der Waals surface area (Å²) < 4.78 is 10.7. The number of unbranched alkanes of at least 4 members (excludes halogenated alkanes) is 5. The van der Waals surface area contributed by atoms with Crippen molar-refractivity contribution in [1.82, 2.24) is 9.80 Å². The number of carbonyl (C=O) groups excluding carboxylic acids is 3. The molecule has 32 heavy (non-hydrogen) atoms. The molecule has 0 rings (SSSR count). The van der Waals surface area contributed by atoms with Gasteiger partial charge in [0.25, 0.3) is 0 Å². The van der Waals surface area contributed by atoms with E-state index in [1.807, 2.05) is 27.7 Å². The summed E-state index contributed by atoms with van der Waals surface area (Å²) in [5.41, 5.74) is 0. The number of carbonyl (C=O) groups is 3. The minimum Gasteiger partial charge on any atom is -0.464 e. The minimum absolute atomic E-state index is 0.130. The Kier molecular flexibility index (Phi) is 16.2. The van der Waals surface area contributed by atoms with Crippen molar-refractivity contribution in [2.24, 2.45) is 11.8 Å². The Bertz CT molecular complexity index is 557. The van der Waals surface area contributed by atoms with Crippen LogP contribution in [0.4, 0.5) is 4.79 Å². The van der Waals surface area contributed by atoms with E-state index in [4.69, 9.17) is 21.1 Å². The fourth-order valence-corrected chi connectivity index (χ4v) is 3.80. The van der Waals surface area contributed by atoms with Crippen LogP contribution in [0.15, 0.2) is 0 Å². The van der Waals surface area contributed by atoms with Crippen LogP contribution in [0.2, 0.25) is 0 Å². The fraction of sp³-hybridized carbons (Fsp3) is 0.875. The van der Waals surface area contributed by atoms with Gasteiger partial charge >= 0.3 is 12.1 Å². The molecular formula is C24H45ClN2O5. The van der Waals surface area contributed by atoms with E-state index in [9.17, 15) is 14.4 Å². The number of amides is 2. The summed E-state index contributed by atoms with van der Waals surface area (Å²) in [6, 6.07) is -1.47. The number of esters is 1. The summed E-state index contributed by atoms with van der Waals surface area (Å²) in [6.45, 7) is 10.2. The molecule has 0 aromatic heterocycles. The number of hydrogen-bond donors (Lipinski definition) is 0. The molecule has 0 bridgehead atoms. The monoisotopic (exact) mass is 476 g/mol. The predicted octanol–water partition coefficient (Wildman–Crippen LogP) is 5.10. The number of hydrogen-bond acceptors (Lipinski definition) is 5. The SMILES string of the molecule is CCCCCCCCOC(=O)C(C(C)C)N(C)C(=O)C(C(C)C)N(C)C(=O)OCCCCl. The molecule has 7 nitrogen and oxygen atoms in total. The predicted molar refractivity (Wildman–Crippen MR) is 129 cm³/mol. The van der Waals surface area contributed by atoms with Crippen molar-refractivity contribution in [2.75, 3.05) is 33.2 Å². The highest BCUT2D eigenvalue weighted by Crippen LogP contribution is 2.19. The van der Waals surface area contributed by atoms with Gasteiger partial charge in [-0.2, -0.15) is 0 Å². The van der Waals surface area contributed by atoms with Crippen LogP contribution in [0.1, 0.15) is 79.6 Å². The Morgan fingerprint density at radius 2 is 1.28 bits per heavy atom. The Balaban J connectivity index is 5.06. The molecule has 0 aliphatic heterocycles. The highest BCUT2D eigenvalue weighted by molar-refractivity contribution is 6.17. The second-order valence-electron chi connectivity index (χ2n) is 9.03. The lowest BCUT2D eigenvalue weighted by Gasteiger charge is -2.36. The van der Waals surface area contributed by atoms with Crippen LogP contribution in [0.3, 0.4) is 0 Å². The van der Waals surface area contributed by atoms with E-state index in [-0.39, 0.29) is 24.3 Å². The molecule has 0 aliphatic carbocycles. The number of nitrogens with zero attached hydrogens (tertiary/aromatic N) is 2. The van der Waals surface area contributed by atoms with Gasteiger partial charge in [-0.3, -0.25) is 9.69 Å². The standard InChI is InChI=1S/C24H45ClN2O5/c1-8-9-10-11-12-13-16-31-23(29)21(19(4)5)26(6)22(28)20(18(2)3)27(7)24(30)32-17-14-15-25/h18-21H,8-17H2,1-7H3. The summed E-state index contributed by atoms with van der Waals surface area (Å²) in [7, 11) is 3.14. The quantitative estimate of drug-likeness (QED) is 0.176. The molecule has 8 heteroatoms. The third-order valence-electron chi connectivity index (χ3n) is 5.47. The largest absolute Gasteiger partial charge is 0.464 e. The highest BCUT2D eigenvalue weighted by Gasteiger charge is 2.38. The lowest BCUT2D eigenvalue weighted by atomic mass is 9.98. The Morgan fingerprint density at radius 1 is 0.750 bits per heavy atom. The molecule has 0 N–H and O–H groups in total. The van der Waals surface area contributed by atoms with Crippen LogP contribution >= 0.6 is 11.6 Å². The number of alkyl halides is 1. The number of rotatable bonds is 16. The lowest BCUT2D eigenvalue weighted by molar-refractivity contribution is -0.158. The summed E-state index contributed by atoms with van der Waals surface area (Å²) in [4.78, 5) is 41.3. The van der Waals surface area contributed by atoms with Gasteiger partial charge in [0.2, 0.25) is 5.91 Å². The molecule has 2 amide bonds. The van der Waals surface area contributed by atoms with Gasteiger partial charge in [0.1, 0.15) is 12.1 Å². The fourth-order valence-electron chi connectivity index (χ4n) is 3.69. The van der Waals surface area contributed by atoms with Crippen molar-refractivity contribution in [1.29, 1.82) is 0 Å². The Labute approximate surface area is 200 Å². The molecule has 0 aliphatic rings. The van der Waals surface area contributed by atoms with Gasteiger partial charge in [-0.05, 0) is 24.7 Å². The molecule has 0 radical (unpaired) electrons. The third kappa shape index (κ3) is 10.9. The number of ether oxygens (including phenoxy) is 2. The summed E-state index contributed by atoms with van der Waals surface area (Å²) in [5, 5.41) is 0. The van der Waals surface area contributed by atoms with E-state index in [1.54, 1.807) is 14.1 Å². The summed E-state index contributed by atoms with van der Waals surface area (Å²) in [5.74, 6) is -0.619. The van der Waals surface area contributed by atoms with Gasteiger partial charge in [0.05, 0.1) is 13.2 Å². The Morgan fingerprint density at radius 3 is 1.81 bits per heavy atom. The van der Waals surface area contributed by atoms with Crippen LogP contribution < -0.4 is 0 Å². The van der Waals surface area contributed by atoms with E-state index in [0.29, 0.717) is 18.9 Å². The molecule has 0 aromatic carbocycles. The first-order valence-electron chi connectivity index (χ1n) is 12.0. The van der Waals surface area contributed by atoms with E-state index in [0.717, 1.165) is 19.3 Å². The van der Waals surface area contributed by atoms with E-state index >= 15 is 0 Å². The zero-order valence-corrected chi connectivity index (χ0v) is 22.0. The molecule has 0 aromatic rings. The van der Waals surface area contributed by atoms with Crippen LogP contribution in [0, 0.1) is 11.8 Å². The van der Waals surface area contributed by atoms with Gasteiger partial charge in [-0.15, -0.1) is 11.6 Å². The average Bonchev–Trinajstić information content (AvgIpc) is 2.72. The second kappa shape index (κ2) is 17.0.